The van der Waals surface area contributed by atoms with Crippen LogP contribution in [0.15, 0.2) is 23.2 Å². The molecule has 0 saturated heterocycles. The number of carbonyl (C=O) groups excluding carboxylic acids is 1. The lowest BCUT2D eigenvalue weighted by Gasteiger charge is -2.09. The van der Waals surface area contributed by atoms with Gasteiger partial charge in [-0.25, -0.2) is 14.5 Å². The number of rotatable bonds is 5. The average molecular weight is 444 g/mol. The number of urea groups is 1. The van der Waals surface area contributed by atoms with Crippen molar-refractivity contribution in [1.29, 1.82) is 0 Å². The highest BCUT2D eigenvalue weighted by atomic mass is 35.5. The molecule has 11 nitrogen and oxygen atoms in total. The van der Waals surface area contributed by atoms with Gasteiger partial charge in [-0.2, -0.15) is 32.4 Å². The number of hydrogen-bond acceptors (Lipinski definition) is 8. The molecule has 0 aliphatic rings. The molecular formula is C15H15ClFN7O4S. The second-order valence-corrected chi connectivity index (χ2v) is 7.99. The molecule has 0 bridgehead atoms. The average Bonchev–Trinajstić information content (AvgIpc) is 2.95. The number of ether oxygens (including phenoxy) is 1. The van der Waals surface area contributed by atoms with Crippen LogP contribution in [0.1, 0.15) is 25.5 Å². The second kappa shape index (κ2) is 7.75. The van der Waals surface area contributed by atoms with Crippen LogP contribution in [0.25, 0.3) is 5.65 Å². The van der Waals surface area contributed by atoms with Gasteiger partial charge in [0.15, 0.2) is 5.65 Å². The van der Waals surface area contributed by atoms with E-state index in [1.54, 1.807) is 10.8 Å². The first-order valence-corrected chi connectivity index (χ1v) is 9.94. The van der Waals surface area contributed by atoms with Crippen LogP contribution in [-0.2, 0) is 10.0 Å². The zero-order valence-electron chi connectivity index (χ0n) is 15.3. The highest BCUT2D eigenvalue weighted by molar-refractivity contribution is 7.90. The minimum atomic E-state index is -4.68. The van der Waals surface area contributed by atoms with Gasteiger partial charge in [0.2, 0.25) is 16.9 Å². The summed E-state index contributed by atoms with van der Waals surface area (Å²) in [5, 5.41) is 5.22. The van der Waals surface area contributed by atoms with Crippen LogP contribution >= 0.6 is 11.6 Å². The first-order chi connectivity index (χ1) is 13.6. The van der Waals surface area contributed by atoms with Gasteiger partial charge in [0.25, 0.3) is 16.0 Å². The third kappa shape index (κ3) is 4.35. The molecular weight excluding hydrogens is 429 g/mol. The van der Waals surface area contributed by atoms with E-state index in [4.69, 9.17) is 16.3 Å². The number of nitrogens with one attached hydrogen (secondary N) is 2. The van der Waals surface area contributed by atoms with Crippen molar-refractivity contribution in [3.63, 3.8) is 0 Å². The molecule has 0 saturated carbocycles. The quantitative estimate of drug-likeness (QED) is 0.570. The number of carbonyl (C=O) groups is 1. The largest absolute Gasteiger partial charge is 0.481 e. The Morgan fingerprint density at radius 1 is 1.28 bits per heavy atom. The SMILES string of the molecule is COc1cc(Cl)nc(NC(=O)NS(=O)(=O)c2c(F)nc3ccc(C(C)C)nn23)n1. The summed E-state index contributed by atoms with van der Waals surface area (Å²) in [6, 6.07) is 3.07. The summed E-state index contributed by atoms with van der Waals surface area (Å²) < 4.78 is 46.8. The van der Waals surface area contributed by atoms with Gasteiger partial charge in [0.05, 0.1) is 12.8 Å². The minimum Gasteiger partial charge on any atom is -0.481 e. The Balaban J connectivity index is 1.91. The first kappa shape index (κ1) is 20.7. The molecule has 3 aromatic heterocycles. The number of hydrogen-bond donors (Lipinski definition) is 2. The van der Waals surface area contributed by atoms with Crippen LogP contribution in [-0.4, -0.2) is 46.1 Å². The topological polar surface area (TPSA) is 140 Å². The predicted molar refractivity (Wildman–Crippen MR) is 100.0 cm³/mol. The van der Waals surface area contributed by atoms with Crippen molar-refractivity contribution in [1.82, 2.24) is 29.3 Å². The van der Waals surface area contributed by atoms with Crippen molar-refractivity contribution in [3.8, 4) is 5.88 Å². The third-order valence-corrected chi connectivity index (χ3v) is 5.09. The molecule has 0 fully saturated rings. The molecule has 3 rings (SSSR count). The van der Waals surface area contributed by atoms with Gasteiger partial charge in [-0.15, -0.1) is 0 Å². The van der Waals surface area contributed by atoms with E-state index in [0.29, 0.717) is 5.69 Å². The summed E-state index contributed by atoms with van der Waals surface area (Å²) >= 11 is 5.76. The van der Waals surface area contributed by atoms with Crippen molar-refractivity contribution in [3.05, 3.63) is 35.0 Å². The van der Waals surface area contributed by atoms with Crippen molar-refractivity contribution < 1.29 is 22.3 Å². The summed E-state index contributed by atoms with van der Waals surface area (Å²) in [6.45, 7) is 3.67. The van der Waals surface area contributed by atoms with Crippen LogP contribution in [0.2, 0.25) is 5.15 Å². The van der Waals surface area contributed by atoms with Gasteiger partial charge in [-0.3, -0.25) is 5.32 Å². The van der Waals surface area contributed by atoms with Crippen LogP contribution in [0.3, 0.4) is 0 Å². The molecule has 154 valence electrons. The van der Waals surface area contributed by atoms with E-state index in [-0.39, 0.29) is 28.5 Å². The Kier molecular flexibility index (Phi) is 5.53. The lowest BCUT2D eigenvalue weighted by Crippen LogP contribution is -2.36. The van der Waals surface area contributed by atoms with Crippen molar-refractivity contribution in [2.24, 2.45) is 0 Å². The molecule has 2 amide bonds. The summed E-state index contributed by atoms with van der Waals surface area (Å²) in [5.41, 5.74) is 0.478. The van der Waals surface area contributed by atoms with Gasteiger partial charge in [-0.1, -0.05) is 25.4 Å². The smallest absolute Gasteiger partial charge is 0.335 e. The molecule has 0 unspecified atom stereocenters. The fourth-order valence-corrected chi connectivity index (χ4v) is 3.48. The Bertz CT molecular complexity index is 1200. The molecule has 3 heterocycles. The first-order valence-electron chi connectivity index (χ1n) is 8.08. The Hall–Kier alpha value is -3.06. The van der Waals surface area contributed by atoms with E-state index in [0.717, 1.165) is 4.52 Å². The zero-order valence-corrected chi connectivity index (χ0v) is 16.9. The standard InChI is InChI=1S/C15H15ClFN7O4S/c1-7(2)8-4-5-10-19-12(17)13(24(10)22-8)29(26,27)23-15(25)21-14-18-9(16)6-11(20-14)28-3/h4-7H,1-3H3,(H2,18,20,21,23,25). The van der Waals surface area contributed by atoms with E-state index < -0.39 is 27.0 Å². The molecule has 2 N–H and O–H groups in total. The normalized spacial score (nSPS) is 11.7. The lowest BCUT2D eigenvalue weighted by atomic mass is 10.1. The molecule has 0 radical (unpaired) electrons. The highest BCUT2D eigenvalue weighted by Gasteiger charge is 2.29. The van der Waals surface area contributed by atoms with Gasteiger partial charge in [0.1, 0.15) is 5.15 Å². The van der Waals surface area contributed by atoms with Gasteiger partial charge in [-0.05, 0) is 18.1 Å². The molecule has 0 aromatic carbocycles. The van der Waals surface area contributed by atoms with Crippen molar-refractivity contribution >= 4 is 39.3 Å². The van der Waals surface area contributed by atoms with E-state index in [9.17, 15) is 17.6 Å². The van der Waals surface area contributed by atoms with Crippen LogP contribution in [0.4, 0.5) is 15.1 Å². The molecule has 0 aliphatic carbocycles. The Morgan fingerprint density at radius 3 is 2.66 bits per heavy atom. The summed E-state index contributed by atoms with van der Waals surface area (Å²) in [7, 11) is -3.36. The van der Waals surface area contributed by atoms with Gasteiger partial charge < -0.3 is 4.74 Å². The maximum atomic E-state index is 14.3. The predicted octanol–water partition coefficient (Wildman–Crippen LogP) is 1.95. The minimum absolute atomic E-state index is 0.0319. The molecule has 0 aliphatic heterocycles. The van der Waals surface area contributed by atoms with Crippen molar-refractivity contribution in [2.45, 2.75) is 24.8 Å². The van der Waals surface area contributed by atoms with E-state index in [2.05, 4.69) is 25.4 Å². The molecule has 3 aromatic rings. The number of sulfonamides is 1. The summed E-state index contributed by atoms with van der Waals surface area (Å²) in [4.78, 5) is 23.2. The summed E-state index contributed by atoms with van der Waals surface area (Å²) in [5.74, 6) is -1.63. The number of amides is 2. The number of imidazole rings is 1. The van der Waals surface area contributed by atoms with E-state index >= 15 is 0 Å². The number of anilines is 1. The Labute approximate surface area is 169 Å². The fraction of sp³-hybridized carbons (Fsp3) is 0.267. The lowest BCUT2D eigenvalue weighted by molar-refractivity contribution is 0.256. The number of nitrogens with zero attached hydrogens (tertiary/aromatic N) is 5. The highest BCUT2D eigenvalue weighted by Crippen LogP contribution is 2.19. The molecule has 0 atom stereocenters. The molecule has 29 heavy (non-hydrogen) atoms. The Morgan fingerprint density at radius 2 is 2.00 bits per heavy atom. The van der Waals surface area contributed by atoms with Crippen LogP contribution in [0.5, 0.6) is 5.88 Å². The van der Waals surface area contributed by atoms with Crippen LogP contribution in [0, 0.1) is 5.95 Å². The zero-order chi connectivity index (χ0) is 21.3. The van der Waals surface area contributed by atoms with Crippen LogP contribution < -0.4 is 14.8 Å². The van der Waals surface area contributed by atoms with Gasteiger partial charge in [0, 0.05) is 6.07 Å². The summed E-state index contributed by atoms with van der Waals surface area (Å²) in [6.07, 6.45) is 0. The van der Waals surface area contributed by atoms with Gasteiger partial charge >= 0.3 is 6.03 Å². The number of fused-ring (bicyclic) bond motifs is 1. The second-order valence-electron chi connectivity index (χ2n) is 6.01. The third-order valence-electron chi connectivity index (χ3n) is 3.60. The van der Waals surface area contributed by atoms with E-state index in [1.807, 2.05) is 13.8 Å². The molecule has 14 heteroatoms. The fourth-order valence-electron chi connectivity index (χ4n) is 2.29. The van der Waals surface area contributed by atoms with E-state index in [1.165, 1.54) is 19.2 Å². The number of halogens is 2. The maximum Gasteiger partial charge on any atom is 0.335 e. The monoisotopic (exact) mass is 443 g/mol. The number of aromatic nitrogens is 5. The maximum absolute atomic E-state index is 14.3. The van der Waals surface area contributed by atoms with Crippen molar-refractivity contribution in [2.75, 3.05) is 12.4 Å². The molecule has 0 spiro atoms. The number of methoxy groups -OCH3 is 1.